The van der Waals surface area contributed by atoms with Crippen molar-refractivity contribution in [2.24, 2.45) is 0 Å². The van der Waals surface area contributed by atoms with Gasteiger partial charge in [0.15, 0.2) is 0 Å². The molecule has 5 nitrogen and oxygen atoms in total. The van der Waals surface area contributed by atoms with E-state index in [1.807, 2.05) is 55.8 Å². The summed E-state index contributed by atoms with van der Waals surface area (Å²) in [5.74, 6) is 0. The topological polar surface area (TPSA) is 63.5 Å². The molecule has 0 saturated carbocycles. The number of sulfonamides is 1. The highest BCUT2D eigenvalue weighted by atomic mass is 32.2. The van der Waals surface area contributed by atoms with Gasteiger partial charge in [0.1, 0.15) is 5.65 Å². The minimum absolute atomic E-state index is 0.302. The highest BCUT2D eigenvalue weighted by Crippen LogP contribution is 2.14. The van der Waals surface area contributed by atoms with Crippen molar-refractivity contribution in [1.29, 1.82) is 0 Å². The first-order chi connectivity index (χ1) is 11.3. The molecule has 1 N–H and O–H groups in total. The van der Waals surface area contributed by atoms with E-state index >= 15 is 0 Å². The van der Waals surface area contributed by atoms with E-state index in [4.69, 9.17) is 0 Å². The average molecular weight is 343 g/mol. The van der Waals surface area contributed by atoms with Gasteiger partial charge in [-0.25, -0.2) is 18.1 Å². The van der Waals surface area contributed by atoms with E-state index in [0.29, 0.717) is 17.9 Å². The summed E-state index contributed by atoms with van der Waals surface area (Å²) in [6, 6.07) is 9.18. The van der Waals surface area contributed by atoms with Crippen molar-refractivity contribution in [3.05, 3.63) is 65.1 Å². The van der Waals surface area contributed by atoms with Crippen LogP contribution < -0.4 is 4.72 Å². The maximum atomic E-state index is 12.4. The number of fused-ring (bicyclic) bond motifs is 1. The second-order valence-corrected chi connectivity index (χ2v) is 7.86. The van der Waals surface area contributed by atoms with Gasteiger partial charge in [0, 0.05) is 25.4 Å². The molecule has 24 heavy (non-hydrogen) atoms. The third-order valence-electron chi connectivity index (χ3n) is 4.13. The van der Waals surface area contributed by atoms with Crippen LogP contribution in [0.3, 0.4) is 0 Å². The maximum Gasteiger partial charge on any atom is 0.240 e. The van der Waals surface area contributed by atoms with Crippen LogP contribution in [0.15, 0.2) is 47.6 Å². The molecule has 0 atom stereocenters. The predicted octanol–water partition coefficient (Wildman–Crippen LogP) is 2.78. The molecule has 0 unspecified atom stereocenters. The van der Waals surface area contributed by atoms with Gasteiger partial charge >= 0.3 is 0 Å². The van der Waals surface area contributed by atoms with Crippen LogP contribution in [0.5, 0.6) is 0 Å². The molecule has 3 rings (SSSR count). The number of aromatic nitrogens is 2. The SMILES string of the molecule is Cc1ccn2cc(CCNS(=O)(=O)c3ccc(C)c(C)c3)nc2c1. The van der Waals surface area contributed by atoms with Crippen LogP contribution in [0, 0.1) is 20.8 Å². The van der Waals surface area contributed by atoms with Gasteiger partial charge in [-0.15, -0.1) is 0 Å². The lowest BCUT2D eigenvalue weighted by Crippen LogP contribution is -2.26. The van der Waals surface area contributed by atoms with Crippen molar-refractivity contribution in [3.8, 4) is 0 Å². The highest BCUT2D eigenvalue weighted by molar-refractivity contribution is 7.89. The normalized spacial score (nSPS) is 12.0. The number of nitrogens with zero attached hydrogens (tertiary/aromatic N) is 2. The molecule has 0 amide bonds. The van der Waals surface area contributed by atoms with E-state index in [-0.39, 0.29) is 0 Å². The number of rotatable bonds is 5. The first-order valence-electron chi connectivity index (χ1n) is 7.86. The molecular formula is C18H21N3O2S. The lowest BCUT2D eigenvalue weighted by Gasteiger charge is -2.08. The van der Waals surface area contributed by atoms with Crippen molar-refractivity contribution in [1.82, 2.24) is 14.1 Å². The summed E-state index contributed by atoms with van der Waals surface area (Å²) in [5, 5.41) is 0. The third-order valence-corrected chi connectivity index (χ3v) is 5.59. The number of nitrogens with one attached hydrogen (secondary N) is 1. The third kappa shape index (κ3) is 3.49. The zero-order chi connectivity index (χ0) is 17.3. The van der Waals surface area contributed by atoms with E-state index in [1.54, 1.807) is 12.1 Å². The summed E-state index contributed by atoms with van der Waals surface area (Å²) in [6.45, 7) is 6.21. The quantitative estimate of drug-likeness (QED) is 0.775. The van der Waals surface area contributed by atoms with Crippen molar-refractivity contribution in [2.75, 3.05) is 6.54 Å². The Balaban J connectivity index is 1.68. The number of pyridine rings is 1. The molecule has 0 aliphatic carbocycles. The van der Waals surface area contributed by atoms with Crippen LogP contribution in [0.25, 0.3) is 5.65 Å². The fourth-order valence-corrected chi connectivity index (χ4v) is 3.65. The first-order valence-corrected chi connectivity index (χ1v) is 9.35. The Labute approximate surface area is 142 Å². The zero-order valence-corrected chi connectivity index (χ0v) is 14.9. The summed E-state index contributed by atoms with van der Waals surface area (Å²) in [5.41, 5.74) is 4.93. The summed E-state index contributed by atoms with van der Waals surface area (Å²) in [4.78, 5) is 4.82. The van der Waals surface area contributed by atoms with E-state index < -0.39 is 10.0 Å². The van der Waals surface area contributed by atoms with Gasteiger partial charge in [-0.05, 0) is 61.7 Å². The Morgan fingerprint density at radius 1 is 1.08 bits per heavy atom. The van der Waals surface area contributed by atoms with Gasteiger partial charge < -0.3 is 4.40 Å². The Morgan fingerprint density at radius 3 is 2.62 bits per heavy atom. The second-order valence-electron chi connectivity index (χ2n) is 6.10. The van der Waals surface area contributed by atoms with Crippen molar-refractivity contribution < 1.29 is 8.42 Å². The minimum atomic E-state index is -3.49. The van der Waals surface area contributed by atoms with Crippen LogP contribution in [0.4, 0.5) is 0 Å². The Kier molecular flexibility index (Phi) is 4.43. The number of aryl methyl sites for hydroxylation is 3. The molecule has 2 aromatic heterocycles. The molecule has 0 aliphatic heterocycles. The van der Waals surface area contributed by atoms with E-state index in [0.717, 1.165) is 28.0 Å². The Morgan fingerprint density at radius 2 is 1.88 bits per heavy atom. The lowest BCUT2D eigenvalue weighted by molar-refractivity contribution is 0.581. The van der Waals surface area contributed by atoms with Gasteiger partial charge in [-0.3, -0.25) is 0 Å². The van der Waals surface area contributed by atoms with Crippen molar-refractivity contribution in [3.63, 3.8) is 0 Å². The van der Waals surface area contributed by atoms with Crippen LogP contribution in [0.1, 0.15) is 22.4 Å². The number of hydrogen-bond donors (Lipinski definition) is 1. The number of imidazole rings is 1. The van der Waals surface area contributed by atoms with E-state index in [2.05, 4.69) is 9.71 Å². The standard InChI is InChI=1S/C18H21N3O2S/c1-13-7-9-21-12-16(20-18(21)10-13)6-8-19-24(22,23)17-5-4-14(2)15(3)11-17/h4-5,7,9-12,19H,6,8H2,1-3H3. The van der Waals surface area contributed by atoms with Crippen LogP contribution >= 0.6 is 0 Å². The molecule has 0 radical (unpaired) electrons. The molecule has 0 bridgehead atoms. The first kappa shape index (κ1) is 16.7. The molecular weight excluding hydrogens is 322 g/mol. The number of hydrogen-bond acceptors (Lipinski definition) is 3. The smallest absolute Gasteiger partial charge is 0.240 e. The molecule has 6 heteroatoms. The molecule has 126 valence electrons. The molecule has 1 aromatic carbocycles. The van der Waals surface area contributed by atoms with Crippen molar-refractivity contribution in [2.45, 2.75) is 32.1 Å². The molecule has 2 heterocycles. The average Bonchev–Trinajstić information content (AvgIpc) is 2.91. The van der Waals surface area contributed by atoms with Gasteiger partial charge in [-0.1, -0.05) is 6.07 Å². The van der Waals surface area contributed by atoms with Gasteiger partial charge in [0.25, 0.3) is 0 Å². The van der Waals surface area contributed by atoms with Crippen LogP contribution in [-0.2, 0) is 16.4 Å². The van der Waals surface area contributed by atoms with Crippen LogP contribution in [-0.4, -0.2) is 24.3 Å². The van der Waals surface area contributed by atoms with Gasteiger partial charge in [0.2, 0.25) is 10.0 Å². The van der Waals surface area contributed by atoms with Gasteiger partial charge in [0.05, 0.1) is 10.6 Å². The maximum absolute atomic E-state index is 12.4. The largest absolute Gasteiger partial charge is 0.307 e. The number of benzene rings is 1. The van der Waals surface area contributed by atoms with Crippen molar-refractivity contribution >= 4 is 15.7 Å². The molecule has 0 fully saturated rings. The van der Waals surface area contributed by atoms with Gasteiger partial charge in [-0.2, -0.15) is 0 Å². The predicted molar refractivity (Wildman–Crippen MR) is 94.7 cm³/mol. The summed E-state index contributed by atoms with van der Waals surface area (Å²) >= 11 is 0. The van der Waals surface area contributed by atoms with E-state index in [9.17, 15) is 8.42 Å². The summed E-state index contributed by atoms with van der Waals surface area (Å²) in [6.07, 6.45) is 4.43. The summed E-state index contributed by atoms with van der Waals surface area (Å²) in [7, 11) is -3.49. The second kappa shape index (κ2) is 6.37. The minimum Gasteiger partial charge on any atom is -0.307 e. The Hall–Kier alpha value is -2.18. The fourth-order valence-electron chi connectivity index (χ4n) is 2.53. The molecule has 3 aromatic rings. The molecule has 0 spiro atoms. The monoisotopic (exact) mass is 343 g/mol. The fraction of sp³-hybridized carbons (Fsp3) is 0.278. The zero-order valence-electron chi connectivity index (χ0n) is 14.1. The lowest BCUT2D eigenvalue weighted by atomic mass is 10.1. The summed E-state index contributed by atoms with van der Waals surface area (Å²) < 4.78 is 29.3. The highest BCUT2D eigenvalue weighted by Gasteiger charge is 2.14. The van der Waals surface area contributed by atoms with E-state index in [1.165, 1.54) is 0 Å². The molecule has 0 aliphatic rings. The molecule has 0 saturated heterocycles. The van der Waals surface area contributed by atoms with Crippen LogP contribution in [0.2, 0.25) is 0 Å². The Bertz CT molecular complexity index is 991.